The average Bonchev–Trinajstić information content (AvgIpc) is 2.36. The number of hydrogen-bond donors (Lipinski definition) is 2. The predicted octanol–water partition coefficient (Wildman–Crippen LogP) is 3.27. The van der Waals surface area contributed by atoms with Gasteiger partial charge in [0.2, 0.25) is 5.91 Å². The monoisotopic (exact) mass is 309 g/mol. The molecule has 1 rings (SSSR count). The van der Waals surface area contributed by atoms with Crippen LogP contribution in [0.1, 0.15) is 52.9 Å². The van der Waals surface area contributed by atoms with Crippen molar-refractivity contribution in [3.05, 3.63) is 0 Å². The van der Waals surface area contributed by atoms with E-state index in [2.05, 4.69) is 5.32 Å². The van der Waals surface area contributed by atoms with E-state index in [1.54, 1.807) is 0 Å². The molecule has 1 aliphatic rings. The van der Waals surface area contributed by atoms with Crippen molar-refractivity contribution >= 4 is 5.91 Å². The summed E-state index contributed by atoms with van der Waals surface area (Å²) in [6, 6.07) is -0.171. The SMILES string of the molecule is CC(C)(C)C(CCO)NC(=O)C1CCC(C(F)(F)F)CC1. The molecule has 2 N–H and O–H groups in total. The van der Waals surface area contributed by atoms with Crippen LogP contribution in [0.15, 0.2) is 0 Å². The van der Waals surface area contributed by atoms with Crippen molar-refractivity contribution in [3.63, 3.8) is 0 Å². The van der Waals surface area contributed by atoms with Gasteiger partial charge in [-0.05, 0) is 37.5 Å². The van der Waals surface area contributed by atoms with Gasteiger partial charge in [-0.2, -0.15) is 13.2 Å². The van der Waals surface area contributed by atoms with Crippen LogP contribution in [0.3, 0.4) is 0 Å². The second kappa shape index (κ2) is 6.99. The highest BCUT2D eigenvalue weighted by atomic mass is 19.4. The molecule has 1 aliphatic carbocycles. The number of carbonyl (C=O) groups excluding carboxylic acids is 1. The Kier molecular flexibility index (Phi) is 6.08. The Morgan fingerprint density at radius 2 is 1.71 bits per heavy atom. The van der Waals surface area contributed by atoms with Crippen LogP contribution in [-0.2, 0) is 4.79 Å². The number of aliphatic hydroxyl groups is 1. The van der Waals surface area contributed by atoms with Gasteiger partial charge in [-0.3, -0.25) is 4.79 Å². The highest BCUT2D eigenvalue weighted by molar-refractivity contribution is 5.79. The minimum absolute atomic E-state index is 0.0248. The van der Waals surface area contributed by atoms with E-state index >= 15 is 0 Å². The lowest BCUT2D eigenvalue weighted by molar-refractivity contribution is -0.184. The first-order valence-electron chi connectivity index (χ1n) is 7.53. The van der Waals surface area contributed by atoms with Crippen molar-refractivity contribution in [3.8, 4) is 0 Å². The zero-order valence-corrected chi connectivity index (χ0v) is 13.0. The molecular formula is C15H26F3NO2. The molecule has 0 aromatic carbocycles. The van der Waals surface area contributed by atoms with Crippen LogP contribution >= 0.6 is 0 Å². The van der Waals surface area contributed by atoms with Crippen molar-refractivity contribution in [2.24, 2.45) is 17.3 Å². The molecule has 6 heteroatoms. The lowest BCUT2D eigenvalue weighted by Crippen LogP contribution is -2.47. The van der Waals surface area contributed by atoms with E-state index < -0.39 is 12.1 Å². The van der Waals surface area contributed by atoms with Crippen LogP contribution in [0.2, 0.25) is 0 Å². The average molecular weight is 309 g/mol. The lowest BCUT2D eigenvalue weighted by atomic mass is 9.80. The minimum Gasteiger partial charge on any atom is -0.396 e. The van der Waals surface area contributed by atoms with Crippen molar-refractivity contribution in [1.29, 1.82) is 0 Å². The second-order valence-electron chi connectivity index (χ2n) is 7.03. The van der Waals surface area contributed by atoms with Crippen molar-refractivity contribution in [1.82, 2.24) is 5.32 Å². The fourth-order valence-corrected chi connectivity index (χ4v) is 2.82. The quantitative estimate of drug-likeness (QED) is 0.837. The molecule has 0 aromatic rings. The molecule has 0 aliphatic heterocycles. The molecule has 1 atom stereocenters. The summed E-state index contributed by atoms with van der Waals surface area (Å²) in [6.45, 7) is 5.87. The highest BCUT2D eigenvalue weighted by Gasteiger charge is 2.42. The normalized spacial score (nSPS) is 25.5. The number of aliphatic hydroxyl groups excluding tert-OH is 1. The molecule has 0 radical (unpaired) electrons. The summed E-state index contributed by atoms with van der Waals surface area (Å²) < 4.78 is 37.8. The first kappa shape index (κ1) is 18.3. The van der Waals surface area contributed by atoms with E-state index in [1.165, 1.54) is 0 Å². The van der Waals surface area contributed by atoms with Gasteiger partial charge in [-0.1, -0.05) is 20.8 Å². The van der Waals surface area contributed by atoms with E-state index in [1.807, 2.05) is 20.8 Å². The minimum atomic E-state index is -4.15. The maximum absolute atomic E-state index is 12.6. The Morgan fingerprint density at radius 1 is 1.19 bits per heavy atom. The van der Waals surface area contributed by atoms with E-state index in [0.717, 1.165) is 0 Å². The Morgan fingerprint density at radius 3 is 2.10 bits per heavy atom. The maximum Gasteiger partial charge on any atom is 0.391 e. The number of rotatable bonds is 4. The first-order valence-corrected chi connectivity index (χ1v) is 7.53. The standard InChI is InChI=1S/C15H26F3NO2/c1-14(2,3)12(8-9-20)19-13(21)10-4-6-11(7-5-10)15(16,17)18/h10-12,20H,4-9H2,1-3H3,(H,19,21). The summed E-state index contributed by atoms with van der Waals surface area (Å²) in [5.74, 6) is -1.78. The second-order valence-corrected chi connectivity index (χ2v) is 7.03. The number of carbonyl (C=O) groups is 1. The van der Waals surface area contributed by atoms with Gasteiger partial charge in [0.05, 0.1) is 5.92 Å². The molecule has 0 aromatic heterocycles. The third-order valence-corrected chi connectivity index (χ3v) is 4.34. The number of halogens is 3. The van der Waals surface area contributed by atoms with Crippen LogP contribution < -0.4 is 5.32 Å². The fourth-order valence-electron chi connectivity index (χ4n) is 2.82. The smallest absolute Gasteiger partial charge is 0.391 e. The van der Waals surface area contributed by atoms with Crippen LogP contribution in [0.25, 0.3) is 0 Å². The maximum atomic E-state index is 12.6. The Balaban J connectivity index is 2.54. The molecular weight excluding hydrogens is 283 g/mol. The Hall–Kier alpha value is -0.780. The third-order valence-electron chi connectivity index (χ3n) is 4.34. The molecule has 0 heterocycles. The number of alkyl halides is 3. The van der Waals surface area contributed by atoms with E-state index in [4.69, 9.17) is 5.11 Å². The third kappa shape index (κ3) is 5.49. The number of hydrogen-bond acceptors (Lipinski definition) is 2. The van der Waals surface area contributed by atoms with E-state index in [0.29, 0.717) is 6.42 Å². The summed E-state index contributed by atoms with van der Waals surface area (Å²) >= 11 is 0. The van der Waals surface area contributed by atoms with Crippen LogP contribution in [-0.4, -0.2) is 29.8 Å². The van der Waals surface area contributed by atoms with E-state index in [-0.39, 0.29) is 55.6 Å². The van der Waals surface area contributed by atoms with Crippen LogP contribution in [0, 0.1) is 17.3 Å². The molecule has 0 bridgehead atoms. The van der Waals surface area contributed by atoms with Gasteiger partial charge < -0.3 is 10.4 Å². The topological polar surface area (TPSA) is 49.3 Å². The molecule has 1 fully saturated rings. The van der Waals surface area contributed by atoms with Crippen molar-refractivity contribution in [2.75, 3.05) is 6.61 Å². The first-order chi connectivity index (χ1) is 9.55. The number of nitrogens with one attached hydrogen (secondary N) is 1. The van der Waals surface area contributed by atoms with Gasteiger partial charge >= 0.3 is 6.18 Å². The molecule has 1 saturated carbocycles. The largest absolute Gasteiger partial charge is 0.396 e. The summed E-state index contributed by atoms with van der Waals surface area (Å²) in [5, 5.41) is 12.0. The van der Waals surface area contributed by atoms with Crippen molar-refractivity contribution < 1.29 is 23.1 Å². The zero-order valence-electron chi connectivity index (χ0n) is 13.0. The van der Waals surface area contributed by atoms with Gasteiger partial charge in [-0.25, -0.2) is 0 Å². The van der Waals surface area contributed by atoms with Gasteiger partial charge in [0.1, 0.15) is 0 Å². The lowest BCUT2D eigenvalue weighted by Gasteiger charge is -2.34. The Bertz CT molecular complexity index is 342. The van der Waals surface area contributed by atoms with Gasteiger partial charge in [0, 0.05) is 18.6 Å². The highest BCUT2D eigenvalue weighted by Crippen LogP contribution is 2.39. The molecule has 3 nitrogen and oxygen atoms in total. The molecule has 1 unspecified atom stereocenters. The Labute approximate surface area is 124 Å². The van der Waals surface area contributed by atoms with Gasteiger partial charge in [0.15, 0.2) is 0 Å². The molecule has 124 valence electrons. The summed E-state index contributed by atoms with van der Waals surface area (Å²) in [5.41, 5.74) is -0.193. The molecule has 0 saturated heterocycles. The molecule has 21 heavy (non-hydrogen) atoms. The summed E-state index contributed by atoms with van der Waals surface area (Å²) in [7, 11) is 0. The van der Waals surface area contributed by atoms with Gasteiger partial charge in [0.25, 0.3) is 0 Å². The van der Waals surface area contributed by atoms with Crippen molar-refractivity contribution in [2.45, 2.75) is 65.1 Å². The fraction of sp³-hybridized carbons (Fsp3) is 0.933. The summed E-state index contributed by atoms with van der Waals surface area (Å²) in [6.07, 6.45) is -3.07. The van der Waals surface area contributed by atoms with E-state index in [9.17, 15) is 18.0 Å². The summed E-state index contributed by atoms with van der Waals surface area (Å²) in [4.78, 5) is 12.2. The van der Waals surface area contributed by atoms with Gasteiger partial charge in [-0.15, -0.1) is 0 Å². The molecule has 1 amide bonds. The zero-order chi connectivity index (χ0) is 16.3. The van der Waals surface area contributed by atoms with Crippen LogP contribution in [0.4, 0.5) is 13.2 Å². The number of amides is 1. The van der Waals surface area contributed by atoms with Crippen LogP contribution in [0.5, 0.6) is 0 Å². The predicted molar refractivity (Wildman–Crippen MR) is 74.6 cm³/mol. The molecule has 0 spiro atoms.